The molecule has 6 nitrogen and oxygen atoms in total. The summed E-state index contributed by atoms with van der Waals surface area (Å²) < 4.78 is 0. The molecule has 3 rings (SSSR count). The predicted octanol–water partition coefficient (Wildman–Crippen LogP) is 2.50. The summed E-state index contributed by atoms with van der Waals surface area (Å²) in [6.45, 7) is 10.3. The van der Waals surface area contributed by atoms with Gasteiger partial charge in [-0.05, 0) is 40.5 Å². The van der Waals surface area contributed by atoms with Crippen molar-refractivity contribution >= 4 is 28.3 Å². The van der Waals surface area contributed by atoms with E-state index in [9.17, 15) is 9.59 Å². The fraction of sp³-hybridized carbons (Fsp3) is 0.722. The minimum absolute atomic E-state index is 0.0997. The lowest BCUT2D eigenvalue weighted by atomic mass is 10.1. The summed E-state index contributed by atoms with van der Waals surface area (Å²) in [7, 11) is 0. The molecule has 25 heavy (non-hydrogen) atoms. The van der Waals surface area contributed by atoms with Gasteiger partial charge in [-0.3, -0.25) is 14.5 Å². The molecular weight excluding hydrogens is 336 g/mol. The number of rotatable bonds is 6. The molecule has 0 bridgehead atoms. The zero-order chi connectivity index (χ0) is 18.1. The molecule has 1 N–H and O–H groups in total. The van der Waals surface area contributed by atoms with E-state index in [1.54, 1.807) is 11.3 Å². The Morgan fingerprint density at radius 2 is 1.96 bits per heavy atom. The van der Waals surface area contributed by atoms with Crippen LogP contribution in [0.4, 0.5) is 5.13 Å². The number of hydrogen-bond acceptors (Lipinski definition) is 5. The summed E-state index contributed by atoms with van der Waals surface area (Å²) in [4.78, 5) is 34.4. The summed E-state index contributed by atoms with van der Waals surface area (Å²) in [5, 5.41) is 3.65. The van der Waals surface area contributed by atoms with Crippen LogP contribution in [0.1, 0.15) is 51.1 Å². The van der Waals surface area contributed by atoms with Crippen LogP contribution in [-0.2, 0) is 22.6 Å². The van der Waals surface area contributed by atoms with E-state index in [2.05, 4.69) is 42.9 Å². The lowest BCUT2D eigenvalue weighted by Crippen LogP contribution is -2.47. The molecule has 1 aliphatic carbocycles. The minimum atomic E-state index is 0.0997. The predicted molar refractivity (Wildman–Crippen MR) is 99.6 cm³/mol. The maximum absolute atomic E-state index is 12.7. The SMILES string of the molecule is CC(C)N(C(=O)CN1CCc2nc(NC(=O)C3CC3)sc2C1)C(C)C. The maximum atomic E-state index is 12.7. The molecule has 1 aromatic rings. The number of nitrogens with one attached hydrogen (secondary N) is 1. The Balaban J connectivity index is 1.60. The normalized spacial score (nSPS) is 17.7. The van der Waals surface area contributed by atoms with Crippen molar-refractivity contribution in [2.45, 2.75) is 65.6 Å². The van der Waals surface area contributed by atoms with E-state index in [0.717, 1.165) is 38.0 Å². The average Bonchev–Trinajstić information content (AvgIpc) is 3.27. The van der Waals surface area contributed by atoms with Gasteiger partial charge in [-0.2, -0.15) is 0 Å². The first-order valence-electron chi connectivity index (χ1n) is 9.18. The molecule has 1 aliphatic heterocycles. The van der Waals surface area contributed by atoms with Gasteiger partial charge in [-0.15, -0.1) is 11.3 Å². The minimum Gasteiger partial charge on any atom is -0.337 e. The number of carbonyl (C=O) groups is 2. The molecule has 0 spiro atoms. The lowest BCUT2D eigenvalue weighted by Gasteiger charge is -2.34. The highest BCUT2D eigenvalue weighted by Gasteiger charge is 2.31. The standard InChI is InChI=1S/C18H28N4O2S/c1-11(2)22(12(3)4)16(23)10-21-8-7-14-15(9-21)25-18(19-14)20-17(24)13-5-6-13/h11-13H,5-10H2,1-4H3,(H,19,20,24). The fourth-order valence-corrected chi connectivity index (χ4v) is 4.49. The van der Waals surface area contributed by atoms with Crippen LogP contribution >= 0.6 is 11.3 Å². The first kappa shape index (κ1) is 18.3. The van der Waals surface area contributed by atoms with Gasteiger partial charge in [0.05, 0.1) is 12.2 Å². The van der Waals surface area contributed by atoms with Crippen LogP contribution in [0.5, 0.6) is 0 Å². The molecule has 1 aromatic heterocycles. The van der Waals surface area contributed by atoms with Crippen LogP contribution in [0.3, 0.4) is 0 Å². The van der Waals surface area contributed by atoms with E-state index in [1.807, 2.05) is 4.90 Å². The van der Waals surface area contributed by atoms with Crippen LogP contribution in [0.25, 0.3) is 0 Å². The van der Waals surface area contributed by atoms with Crippen molar-refractivity contribution in [1.82, 2.24) is 14.8 Å². The zero-order valence-electron chi connectivity index (χ0n) is 15.5. The van der Waals surface area contributed by atoms with Gasteiger partial charge in [0.1, 0.15) is 0 Å². The van der Waals surface area contributed by atoms with E-state index >= 15 is 0 Å². The second-order valence-electron chi connectivity index (χ2n) is 7.60. The zero-order valence-corrected chi connectivity index (χ0v) is 16.4. The van der Waals surface area contributed by atoms with Crippen LogP contribution in [0.15, 0.2) is 0 Å². The molecular formula is C18H28N4O2S. The lowest BCUT2D eigenvalue weighted by molar-refractivity contribution is -0.136. The highest BCUT2D eigenvalue weighted by molar-refractivity contribution is 7.15. The first-order valence-corrected chi connectivity index (χ1v) is 9.99. The number of aromatic nitrogens is 1. The third-order valence-electron chi connectivity index (χ3n) is 4.75. The van der Waals surface area contributed by atoms with Crippen molar-refractivity contribution < 1.29 is 9.59 Å². The Morgan fingerprint density at radius 3 is 2.56 bits per heavy atom. The number of hydrogen-bond donors (Lipinski definition) is 1. The van der Waals surface area contributed by atoms with Crippen molar-refractivity contribution in [3.05, 3.63) is 10.6 Å². The van der Waals surface area contributed by atoms with Crippen molar-refractivity contribution in [2.24, 2.45) is 5.92 Å². The Hall–Kier alpha value is -1.47. The molecule has 2 heterocycles. The number of fused-ring (bicyclic) bond motifs is 1. The molecule has 2 amide bonds. The van der Waals surface area contributed by atoms with Crippen molar-refractivity contribution in [3.63, 3.8) is 0 Å². The van der Waals surface area contributed by atoms with Gasteiger partial charge in [-0.25, -0.2) is 4.98 Å². The number of carbonyl (C=O) groups excluding carboxylic acids is 2. The molecule has 0 aromatic carbocycles. The molecule has 0 radical (unpaired) electrons. The summed E-state index contributed by atoms with van der Waals surface area (Å²) in [5.74, 6) is 0.468. The molecule has 1 saturated carbocycles. The Labute approximate surface area is 153 Å². The molecule has 0 atom stereocenters. The van der Waals surface area contributed by atoms with E-state index in [1.165, 1.54) is 4.88 Å². The monoisotopic (exact) mass is 364 g/mol. The number of amides is 2. The molecule has 0 saturated heterocycles. The number of thiazole rings is 1. The molecule has 138 valence electrons. The number of anilines is 1. The van der Waals surface area contributed by atoms with Gasteiger partial charge in [0.2, 0.25) is 11.8 Å². The summed E-state index contributed by atoms with van der Waals surface area (Å²) in [6, 6.07) is 0.418. The van der Waals surface area contributed by atoms with E-state index in [-0.39, 0.29) is 29.8 Å². The quantitative estimate of drug-likeness (QED) is 0.842. The number of nitrogens with zero attached hydrogens (tertiary/aromatic N) is 3. The molecule has 1 fully saturated rings. The van der Waals surface area contributed by atoms with Crippen LogP contribution in [-0.4, -0.2) is 51.8 Å². The Kier molecular flexibility index (Phi) is 5.43. The maximum Gasteiger partial charge on any atom is 0.237 e. The summed E-state index contributed by atoms with van der Waals surface area (Å²) in [6.07, 6.45) is 2.83. The van der Waals surface area contributed by atoms with Crippen LogP contribution in [0.2, 0.25) is 0 Å². The second kappa shape index (κ2) is 7.41. The average molecular weight is 365 g/mol. The highest BCUT2D eigenvalue weighted by Crippen LogP contribution is 2.33. The summed E-state index contributed by atoms with van der Waals surface area (Å²) in [5.41, 5.74) is 1.07. The van der Waals surface area contributed by atoms with Crippen molar-refractivity contribution in [1.29, 1.82) is 0 Å². The van der Waals surface area contributed by atoms with E-state index in [0.29, 0.717) is 11.7 Å². The van der Waals surface area contributed by atoms with Gasteiger partial charge in [-0.1, -0.05) is 0 Å². The van der Waals surface area contributed by atoms with Crippen molar-refractivity contribution in [3.8, 4) is 0 Å². The second-order valence-corrected chi connectivity index (χ2v) is 8.69. The van der Waals surface area contributed by atoms with Gasteiger partial charge in [0.15, 0.2) is 5.13 Å². The van der Waals surface area contributed by atoms with Crippen molar-refractivity contribution in [2.75, 3.05) is 18.4 Å². The van der Waals surface area contributed by atoms with Gasteiger partial charge in [0.25, 0.3) is 0 Å². The molecule has 2 aliphatic rings. The highest BCUT2D eigenvalue weighted by atomic mass is 32.1. The van der Waals surface area contributed by atoms with Gasteiger partial charge < -0.3 is 10.2 Å². The van der Waals surface area contributed by atoms with Gasteiger partial charge in [0, 0.05) is 42.4 Å². The third kappa shape index (κ3) is 4.39. The first-order chi connectivity index (χ1) is 11.8. The van der Waals surface area contributed by atoms with Gasteiger partial charge >= 0.3 is 0 Å². The summed E-state index contributed by atoms with van der Waals surface area (Å²) >= 11 is 1.55. The molecule has 0 unspecified atom stereocenters. The largest absolute Gasteiger partial charge is 0.337 e. The molecule has 7 heteroatoms. The Morgan fingerprint density at radius 1 is 1.28 bits per heavy atom. The smallest absolute Gasteiger partial charge is 0.237 e. The topological polar surface area (TPSA) is 65.5 Å². The van der Waals surface area contributed by atoms with E-state index in [4.69, 9.17) is 0 Å². The third-order valence-corrected chi connectivity index (χ3v) is 5.75. The van der Waals surface area contributed by atoms with Crippen LogP contribution in [0, 0.1) is 5.92 Å². The van der Waals surface area contributed by atoms with E-state index < -0.39 is 0 Å². The van der Waals surface area contributed by atoms with Crippen LogP contribution < -0.4 is 5.32 Å². The Bertz CT molecular complexity index is 644. The fourth-order valence-electron chi connectivity index (χ4n) is 3.43.